The predicted octanol–water partition coefficient (Wildman–Crippen LogP) is 1.21. The molecule has 0 atom stereocenters. The molecule has 4 nitrogen and oxygen atoms in total. The smallest absolute Gasteiger partial charge is 0.320 e. The van der Waals surface area contributed by atoms with Crippen LogP contribution in [0.1, 0.15) is 26.2 Å². The van der Waals surface area contributed by atoms with Gasteiger partial charge in [-0.05, 0) is 65.8 Å². The lowest BCUT2D eigenvalue weighted by Crippen LogP contribution is -2.33. The van der Waals surface area contributed by atoms with E-state index >= 15 is 0 Å². The molecule has 1 saturated heterocycles. The van der Waals surface area contributed by atoms with E-state index in [9.17, 15) is 4.79 Å². The lowest BCUT2D eigenvalue weighted by atomic mass is 9.94. The number of hydrogen-bond acceptors (Lipinski definition) is 4. The first-order valence-electron chi connectivity index (χ1n) is 6.64. The molecule has 1 fully saturated rings. The van der Waals surface area contributed by atoms with E-state index in [1.54, 1.807) is 0 Å². The quantitative estimate of drug-likeness (QED) is 0.656. The van der Waals surface area contributed by atoms with Crippen LogP contribution in [-0.4, -0.2) is 62.7 Å². The molecule has 0 spiro atoms. The molecule has 1 aliphatic rings. The second-order valence-corrected chi connectivity index (χ2v) is 5.08. The SMILES string of the molecule is CCOC(=O)CN(C)CCC1CCN(C)CC1. The number of rotatable bonds is 6. The molecule has 0 N–H and O–H groups in total. The molecule has 0 amide bonds. The van der Waals surface area contributed by atoms with Gasteiger partial charge in [0.05, 0.1) is 13.2 Å². The molecule has 0 aromatic carbocycles. The largest absolute Gasteiger partial charge is 0.465 e. The monoisotopic (exact) mass is 242 g/mol. The van der Waals surface area contributed by atoms with E-state index in [1.165, 1.54) is 32.4 Å². The van der Waals surface area contributed by atoms with Crippen LogP contribution in [0.4, 0.5) is 0 Å². The van der Waals surface area contributed by atoms with Gasteiger partial charge in [0.25, 0.3) is 0 Å². The van der Waals surface area contributed by atoms with Crippen LogP contribution in [0.3, 0.4) is 0 Å². The Morgan fingerprint density at radius 3 is 2.65 bits per heavy atom. The van der Waals surface area contributed by atoms with Gasteiger partial charge in [0, 0.05) is 0 Å². The van der Waals surface area contributed by atoms with Gasteiger partial charge in [-0.2, -0.15) is 0 Å². The van der Waals surface area contributed by atoms with Crippen LogP contribution in [0.15, 0.2) is 0 Å². The Balaban J connectivity index is 2.11. The van der Waals surface area contributed by atoms with E-state index in [4.69, 9.17) is 4.74 Å². The van der Waals surface area contributed by atoms with E-state index in [0.717, 1.165) is 12.5 Å². The lowest BCUT2D eigenvalue weighted by molar-refractivity contribution is -0.144. The molecule has 0 radical (unpaired) electrons. The van der Waals surface area contributed by atoms with Crippen molar-refractivity contribution in [3.63, 3.8) is 0 Å². The van der Waals surface area contributed by atoms with E-state index < -0.39 is 0 Å². The number of likely N-dealkylation sites (tertiary alicyclic amines) is 1. The number of carbonyl (C=O) groups is 1. The van der Waals surface area contributed by atoms with Crippen molar-refractivity contribution < 1.29 is 9.53 Å². The first-order valence-corrected chi connectivity index (χ1v) is 6.64. The van der Waals surface area contributed by atoms with Gasteiger partial charge in [-0.15, -0.1) is 0 Å². The van der Waals surface area contributed by atoms with Crippen LogP contribution in [-0.2, 0) is 9.53 Å². The highest BCUT2D eigenvalue weighted by Gasteiger charge is 2.17. The third-order valence-electron chi connectivity index (χ3n) is 3.46. The molecule has 4 heteroatoms. The van der Waals surface area contributed by atoms with Crippen LogP contribution >= 0.6 is 0 Å². The summed E-state index contributed by atoms with van der Waals surface area (Å²) in [4.78, 5) is 15.7. The standard InChI is InChI=1S/C13H26N2O2/c1-4-17-13(16)11-15(3)10-7-12-5-8-14(2)9-6-12/h12H,4-11H2,1-3H3. The zero-order valence-electron chi connectivity index (χ0n) is 11.4. The molecule has 100 valence electrons. The van der Waals surface area contributed by atoms with Crippen LogP contribution in [0.5, 0.6) is 0 Å². The normalized spacial score (nSPS) is 18.6. The van der Waals surface area contributed by atoms with Crippen LogP contribution in [0, 0.1) is 5.92 Å². The first-order chi connectivity index (χ1) is 8.11. The molecule has 0 saturated carbocycles. The summed E-state index contributed by atoms with van der Waals surface area (Å²) in [6.07, 6.45) is 3.79. The summed E-state index contributed by atoms with van der Waals surface area (Å²) in [6.45, 7) is 6.16. The summed E-state index contributed by atoms with van der Waals surface area (Å²) in [6, 6.07) is 0. The molecule has 0 bridgehead atoms. The van der Waals surface area contributed by atoms with Crippen molar-refractivity contribution in [2.45, 2.75) is 26.2 Å². The van der Waals surface area contributed by atoms with E-state index in [2.05, 4.69) is 16.8 Å². The predicted molar refractivity (Wildman–Crippen MR) is 69.0 cm³/mol. The first kappa shape index (κ1) is 14.5. The maximum absolute atomic E-state index is 11.3. The van der Waals surface area contributed by atoms with Gasteiger partial charge in [0.2, 0.25) is 0 Å². The van der Waals surface area contributed by atoms with E-state index in [0.29, 0.717) is 13.2 Å². The van der Waals surface area contributed by atoms with Crippen molar-refractivity contribution in [1.29, 1.82) is 0 Å². The summed E-state index contributed by atoms with van der Waals surface area (Å²) in [5.74, 6) is 0.717. The van der Waals surface area contributed by atoms with Gasteiger partial charge in [0.1, 0.15) is 0 Å². The van der Waals surface area contributed by atoms with Crippen molar-refractivity contribution in [3.05, 3.63) is 0 Å². The minimum Gasteiger partial charge on any atom is -0.465 e. The maximum Gasteiger partial charge on any atom is 0.320 e. The minimum atomic E-state index is -0.113. The van der Waals surface area contributed by atoms with Gasteiger partial charge in [0.15, 0.2) is 0 Å². The fraction of sp³-hybridized carbons (Fsp3) is 0.923. The number of ether oxygens (including phenoxy) is 1. The Bertz CT molecular complexity index is 225. The third kappa shape index (κ3) is 6.03. The van der Waals surface area contributed by atoms with E-state index in [-0.39, 0.29) is 5.97 Å². The summed E-state index contributed by atoms with van der Waals surface area (Å²) >= 11 is 0. The van der Waals surface area contributed by atoms with Gasteiger partial charge >= 0.3 is 5.97 Å². The van der Waals surface area contributed by atoms with Crippen molar-refractivity contribution in [2.75, 3.05) is 46.9 Å². The molecule has 0 aromatic heterocycles. The minimum absolute atomic E-state index is 0.113. The molecule has 1 aliphatic heterocycles. The highest BCUT2D eigenvalue weighted by Crippen LogP contribution is 2.19. The fourth-order valence-corrected chi connectivity index (χ4v) is 2.26. The Kier molecular flexibility index (Phi) is 6.52. The molecular weight excluding hydrogens is 216 g/mol. The summed E-state index contributed by atoms with van der Waals surface area (Å²) < 4.78 is 4.93. The average molecular weight is 242 g/mol. The zero-order valence-corrected chi connectivity index (χ0v) is 11.4. The van der Waals surface area contributed by atoms with Gasteiger partial charge in [-0.3, -0.25) is 9.69 Å². The number of piperidine rings is 1. The lowest BCUT2D eigenvalue weighted by Gasteiger charge is -2.29. The number of carbonyl (C=O) groups excluding carboxylic acids is 1. The second kappa shape index (κ2) is 7.67. The Hall–Kier alpha value is -0.610. The second-order valence-electron chi connectivity index (χ2n) is 5.08. The van der Waals surface area contributed by atoms with Gasteiger partial charge < -0.3 is 9.64 Å². The molecule has 0 unspecified atom stereocenters. The number of esters is 1. The van der Waals surface area contributed by atoms with Crippen LogP contribution in [0.2, 0.25) is 0 Å². The molecule has 0 aromatic rings. The average Bonchev–Trinajstić information content (AvgIpc) is 2.28. The van der Waals surface area contributed by atoms with Crippen molar-refractivity contribution >= 4 is 5.97 Å². The zero-order chi connectivity index (χ0) is 12.7. The summed E-state index contributed by atoms with van der Waals surface area (Å²) in [5.41, 5.74) is 0. The number of likely N-dealkylation sites (N-methyl/N-ethyl adjacent to an activating group) is 1. The highest BCUT2D eigenvalue weighted by molar-refractivity contribution is 5.71. The van der Waals surface area contributed by atoms with Crippen molar-refractivity contribution in [2.24, 2.45) is 5.92 Å². The maximum atomic E-state index is 11.3. The Labute approximate surface area is 105 Å². The third-order valence-corrected chi connectivity index (χ3v) is 3.46. The molecule has 1 rings (SSSR count). The number of hydrogen-bond donors (Lipinski definition) is 0. The van der Waals surface area contributed by atoms with Crippen molar-refractivity contribution in [3.8, 4) is 0 Å². The molecule has 17 heavy (non-hydrogen) atoms. The highest BCUT2D eigenvalue weighted by atomic mass is 16.5. The topological polar surface area (TPSA) is 32.8 Å². The summed E-state index contributed by atoms with van der Waals surface area (Å²) in [7, 11) is 4.18. The van der Waals surface area contributed by atoms with Crippen molar-refractivity contribution in [1.82, 2.24) is 9.80 Å². The molecular formula is C13H26N2O2. The number of nitrogens with zero attached hydrogens (tertiary/aromatic N) is 2. The molecule has 1 heterocycles. The summed E-state index contributed by atoms with van der Waals surface area (Å²) in [5, 5.41) is 0. The fourth-order valence-electron chi connectivity index (χ4n) is 2.26. The van der Waals surface area contributed by atoms with Gasteiger partial charge in [-0.1, -0.05) is 0 Å². The van der Waals surface area contributed by atoms with E-state index in [1.807, 2.05) is 14.0 Å². The Morgan fingerprint density at radius 2 is 2.06 bits per heavy atom. The Morgan fingerprint density at radius 1 is 1.41 bits per heavy atom. The van der Waals surface area contributed by atoms with Gasteiger partial charge in [-0.25, -0.2) is 0 Å². The van der Waals surface area contributed by atoms with Crippen LogP contribution in [0.25, 0.3) is 0 Å². The van der Waals surface area contributed by atoms with Crippen LogP contribution < -0.4 is 0 Å². The molecule has 0 aliphatic carbocycles.